The van der Waals surface area contributed by atoms with Crippen molar-refractivity contribution in [3.63, 3.8) is 0 Å². The highest BCUT2D eigenvalue weighted by atomic mass is 35.5. The Morgan fingerprint density at radius 2 is 2.03 bits per heavy atom. The number of carbonyl (C=O) groups excluding carboxylic acids is 1. The molecule has 0 saturated carbocycles. The lowest BCUT2D eigenvalue weighted by Gasteiger charge is -2.27. The lowest BCUT2D eigenvalue weighted by molar-refractivity contribution is -0.151. The molecule has 3 unspecified atom stereocenters. The monoisotopic (exact) mass is 467 g/mol. The molecule has 2 N–H and O–H groups in total. The number of ether oxygens (including phenoxy) is 2. The lowest BCUT2D eigenvalue weighted by atomic mass is 9.88. The normalized spacial score (nSPS) is 17.1. The summed E-state index contributed by atoms with van der Waals surface area (Å²) in [5.74, 6) is 0.362. The number of rotatable bonds is 9. The van der Waals surface area contributed by atoms with Gasteiger partial charge in [-0.25, -0.2) is 4.79 Å². The van der Waals surface area contributed by atoms with Crippen LogP contribution in [0.1, 0.15) is 49.5 Å². The van der Waals surface area contributed by atoms with E-state index in [0.717, 1.165) is 24.8 Å². The number of carbonyl (C=O) groups is 1. The van der Waals surface area contributed by atoms with Crippen LogP contribution in [0, 0.1) is 0 Å². The van der Waals surface area contributed by atoms with Crippen LogP contribution in [-0.2, 0) is 22.4 Å². The molecule has 0 aliphatic heterocycles. The van der Waals surface area contributed by atoms with Crippen LogP contribution in [0.5, 0.6) is 5.75 Å². The van der Waals surface area contributed by atoms with E-state index >= 15 is 0 Å². The fourth-order valence-electron chi connectivity index (χ4n) is 3.79. The van der Waals surface area contributed by atoms with Gasteiger partial charge in [-0.3, -0.25) is 0 Å². The third-order valence-electron chi connectivity index (χ3n) is 5.44. The average Bonchev–Trinajstić information content (AvgIpc) is 2.75. The predicted octanol–water partition coefficient (Wildman–Crippen LogP) is 4.66. The number of aryl methyl sites for hydroxylation is 1. The minimum Gasteiger partial charge on any atom is -0.479 e. The molecule has 0 saturated heterocycles. The molecule has 0 radical (unpaired) electrons. The summed E-state index contributed by atoms with van der Waals surface area (Å²) in [6, 6.07) is 13.6. The molecule has 7 heteroatoms. The van der Waals surface area contributed by atoms with Gasteiger partial charge in [-0.2, -0.15) is 0 Å². The smallest absolute Gasteiger partial charge is 0.347 e. The quantitative estimate of drug-likeness (QED) is 0.524. The Labute approximate surface area is 195 Å². The Bertz CT molecular complexity index is 861. The Morgan fingerprint density at radius 3 is 2.74 bits per heavy atom. The van der Waals surface area contributed by atoms with E-state index in [1.54, 1.807) is 19.1 Å². The molecule has 1 aliphatic carbocycles. The molecule has 1 aliphatic rings. The number of hydrogen-bond acceptors (Lipinski definition) is 5. The van der Waals surface area contributed by atoms with Crippen molar-refractivity contribution in [2.24, 2.45) is 0 Å². The number of benzene rings is 2. The summed E-state index contributed by atoms with van der Waals surface area (Å²) in [5.41, 5.74) is 3.33. The molecule has 0 amide bonds. The van der Waals surface area contributed by atoms with Gasteiger partial charge in [-0.1, -0.05) is 36.7 Å². The number of fused-ring (bicyclic) bond motifs is 1. The van der Waals surface area contributed by atoms with E-state index in [9.17, 15) is 9.90 Å². The van der Waals surface area contributed by atoms with E-state index in [1.807, 2.05) is 31.2 Å². The van der Waals surface area contributed by atoms with E-state index in [1.165, 1.54) is 11.1 Å². The van der Waals surface area contributed by atoms with E-state index in [0.29, 0.717) is 30.3 Å². The highest BCUT2D eigenvalue weighted by molar-refractivity contribution is 6.30. The number of halogens is 2. The number of nitrogens with one attached hydrogen (secondary N) is 1. The van der Waals surface area contributed by atoms with Crippen molar-refractivity contribution < 1.29 is 19.4 Å². The van der Waals surface area contributed by atoms with Crippen molar-refractivity contribution in [1.29, 1.82) is 0 Å². The van der Waals surface area contributed by atoms with E-state index in [4.69, 9.17) is 21.1 Å². The molecule has 3 rings (SSSR count). The minimum atomic E-state index is -0.602. The highest BCUT2D eigenvalue weighted by Gasteiger charge is 2.23. The minimum absolute atomic E-state index is 0. The summed E-state index contributed by atoms with van der Waals surface area (Å²) in [7, 11) is 0. The zero-order valence-electron chi connectivity index (χ0n) is 18.0. The summed E-state index contributed by atoms with van der Waals surface area (Å²) >= 11 is 6.02. The van der Waals surface area contributed by atoms with Gasteiger partial charge in [-0.15, -0.1) is 12.4 Å². The molecule has 0 aromatic heterocycles. The molecule has 5 nitrogen and oxygen atoms in total. The number of aliphatic hydroxyl groups excluding tert-OH is 1. The second-order valence-corrected chi connectivity index (χ2v) is 8.05. The molecule has 0 spiro atoms. The molecule has 2 aromatic carbocycles. The maximum Gasteiger partial charge on any atom is 0.347 e. The summed E-state index contributed by atoms with van der Waals surface area (Å²) in [6.07, 6.45) is 2.20. The second-order valence-electron chi connectivity index (χ2n) is 7.62. The Hall–Kier alpha value is -1.79. The molecule has 3 atom stereocenters. The standard InChI is InChI=1S/C24H30ClNO4.ClH/c1-3-23(24(28)29-4-2)30-21-11-9-16-8-10-20(13-18(16)14-21)26-15-22(27)17-6-5-7-19(25)12-17;/h5-7,9,11-12,14,20,22-23,26-27H,3-4,8,10,13,15H2,1-2H3;1H. The first kappa shape index (κ1) is 25.5. The van der Waals surface area contributed by atoms with Crippen LogP contribution in [-0.4, -0.2) is 36.4 Å². The fraction of sp³-hybridized carbons (Fsp3) is 0.458. The van der Waals surface area contributed by atoms with Crippen molar-refractivity contribution in [2.45, 2.75) is 57.8 Å². The highest BCUT2D eigenvalue weighted by Crippen LogP contribution is 2.27. The Kier molecular flexibility index (Phi) is 10.1. The van der Waals surface area contributed by atoms with Gasteiger partial charge in [0.15, 0.2) is 6.10 Å². The van der Waals surface area contributed by atoms with Gasteiger partial charge in [0, 0.05) is 17.6 Å². The maximum absolute atomic E-state index is 12.0. The van der Waals surface area contributed by atoms with Crippen LogP contribution >= 0.6 is 24.0 Å². The van der Waals surface area contributed by atoms with Crippen LogP contribution in [0.15, 0.2) is 42.5 Å². The Morgan fingerprint density at radius 1 is 1.23 bits per heavy atom. The van der Waals surface area contributed by atoms with Crippen molar-refractivity contribution in [1.82, 2.24) is 5.32 Å². The summed E-state index contributed by atoms with van der Waals surface area (Å²) < 4.78 is 11.0. The van der Waals surface area contributed by atoms with Crippen LogP contribution in [0.3, 0.4) is 0 Å². The summed E-state index contributed by atoms with van der Waals surface area (Å²) in [5, 5.41) is 14.6. The molecule has 0 bridgehead atoms. The maximum atomic E-state index is 12.0. The largest absolute Gasteiger partial charge is 0.479 e. The second kappa shape index (κ2) is 12.3. The van der Waals surface area contributed by atoms with Crippen molar-refractivity contribution in [2.75, 3.05) is 13.2 Å². The first-order valence-electron chi connectivity index (χ1n) is 10.6. The van der Waals surface area contributed by atoms with Crippen LogP contribution in [0.25, 0.3) is 0 Å². The number of hydrogen-bond donors (Lipinski definition) is 2. The van der Waals surface area contributed by atoms with E-state index in [2.05, 4.69) is 11.4 Å². The zero-order valence-corrected chi connectivity index (χ0v) is 19.5. The Balaban J connectivity index is 0.00000341. The van der Waals surface area contributed by atoms with Gasteiger partial charge in [0.2, 0.25) is 0 Å². The van der Waals surface area contributed by atoms with Gasteiger partial charge in [-0.05, 0) is 73.6 Å². The number of aliphatic hydroxyl groups is 1. The predicted molar refractivity (Wildman–Crippen MR) is 125 cm³/mol. The molecule has 170 valence electrons. The zero-order chi connectivity index (χ0) is 21.5. The van der Waals surface area contributed by atoms with Gasteiger partial charge >= 0.3 is 5.97 Å². The number of esters is 1. The van der Waals surface area contributed by atoms with E-state index in [-0.39, 0.29) is 24.4 Å². The van der Waals surface area contributed by atoms with E-state index < -0.39 is 12.2 Å². The summed E-state index contributed by atoms with van der Waals surface area (Å²) in [4.78, 5) is 12.0. The van der Waals surface area contributed by atoms with Crippen LogP contribution in [0.2, 0.25) is 5.02 Å². The van der Waals surface area contributed by atoms with Crippen molar-refractivity contribution in [3.8, 4) is 5.75 Å². The van der Waals surface area contributed by atoms with Gasteiger partial charge < -0.3 is 19.9 Å². The lowest BCUT2D eigenvalue weighted by Crippen LogP contribution is -2.37. The van der Waals surface area contributed by atoms with Gasteiger partial charge in [0.25, 0.3) is 0 Å². The first-order chi connectivity index (χ1) is 14.5. The van der Waals surface area contributed by atoms with Crippen LogP contribution in [0.4, 0.5) is 0 Å². The molecule has 31 heavy (non-hydrogen) atoms. The molecule has 0 fully saturated rings. The molecular formula is C24H31Cl2NO4. The van der Waals surface area contributed by atoms with Gasteiger partial charge in [0.05, 0.1) is 12.7 Å². The topological polar surface area (TPSA) is 67.8 Å². The molecule has 2 aromatic rings. The first-order valence-corrected chi connectivity index (χ1v) is 11.0. The molecular weight excluding hydrogens is 437 g/mol. The fourth-order valence-corrected chi connectivity index (χ4v) is 3.99. The third kappa shape index (κ3) is 7.11. The van der Waals surface area contributed by atoms with Crippen LogP contribution < -0.4 is 10.1 Å². The SMILES string of the molecule is CCOC(=O)C(CC)Oc1ccc2c(c1)CC(NCC(O)c1cccc(Cl)c1)CC2.Cl. The van der Waals surface area contributed by atoms with Crippen molar-refractivity contribution in [3.05, 3.63) is 64.2 Å². The van der Waals surface area contributed by atoms with Gasteiger partial charge in [0.1, 0.15) is 5.75 Å². The third-order valence-corrected chi connectivity index (χ3v) is 5.67. The molecule has 0 heterocycles. The summed E-state index contributed by atoms with van der Waals surface area (Å²) in [6.45, 7) is 4.51. The average molecular weight is 468 g/mol. The van der Waals surface area contributed by atoms with Crippen molar-refractivity contribution >= 4 is 30.0 Å².